The SMILES string of the molecule is C=CC(c1ccccc1)C1CCNCC1. The van der Waals surface area contributed by atoms with Crippen molar-refractivity contribution in [3.63, 3.8) is 0 Å². The molecule has 80 valence electrons. The van der Waals surface area contributed by atoms with E-state index >= 15 is 0 Å². The van der Waals surface area contributed by atoms with Crippen molar-refractivity contribution in [2.45, 2.75) is 18.8 Å². The highest BCUT2D eigenvalue weighted by molar-refractivity contribution is 5.24. The molecule has 1 unspecified atom stereocenters. The van der Waals surface area contributed by atoms with Crippen LogP contribution in [-0.2, 0) is 0 Å². The summed E-state index contributed by atoms with van der Waals surface area (Å²) in [7, 11) is 0. The number of hydrogen-bond donors (Lipinski definition) is 1. The van der Waals surface area contributed by atoms with Crippen molar-refractivity contribution in [1.82, 2.24) is 5.32 Å². The highest BCUT2D eigenvalue weighted by atomic mass is 14.9. The zero-order valence-corrected chi connectivity index (χ0v) is 9.15. The van der Waals surface area contributed by atoms with E-state index in [2.05, 4.69) is 48.3 Å². The average molecular weight is 201 g/mol. The molecule has 1 saturated heterocycles. The zero-order chi connectivity index (χ0) is 10.5. The van der Waals surface area contributed by atoms with Gasteiger partial charge >= 0.3 is 0 Å². The van der Waals surface area contributed by atoms with Crippen molar-refractivity contribution in [3.8, 4) is 0 Å². The highest BCUT2D eigenvalue weighted by Gasteiger charge is 2.21. The maximum Gasteiger partial charge on any atom is 0.00445 e. The summed E-state index contributed by atoms with van der Waals surface area (Å²) >= 11 is 0. The second kappa shape index (κ2) is 5.13. The molecule has 0 spiro atoms. The van der Waals surface area contributed by atoms with E-state index in [0.717, 1.165) is 19.0 Å². The minimum absolute atomic E-state index is 0.535. The summed E-state index contributed by atoms with van der Waals surface area (Å²) in [5.41, 5.74) is 1.42. The number of piperidine rings is 1. The average Bonchev–Trinajstić information content (AvgIpc) is 2.33. The first-order valence-corrected chi connectivity index (χ1v) is 5.80. The molecule has 1 aliphatic rings. The molecule has 1 heteroatoms. The van der Waals surface area contributed by atoms with Crippen LogP contribution in [0.5, 0.6) is 0 Å². The molecule has 1 aromatic rings. The van der Waals surface area contributed by atoms with E-state index in [4.69, 9.17) is 0 Å². The molecule has 1 aliphatic heterocycles. The van der Waals surface area contributed by atoms with E-state index in [-0.39, 0.29) is 0 Å². The van der Waals surface area contributed by atoms with E-state index in [1.165, 1.54) is 18.4 Å². The topological polar surface area (TPSA) is 12.0 Å². The third-order valence-corrected chi connectivity index (χ3v) is 3.33. The molecule has 1 heterocycles. The largest absolute Gasteiger partial charge is 0.317 e. The standard InChI is InChI=1S/C14H19N/c1-2-14(12-6-4-3-5-7-12)13-8-10-15-11-9-13/h2-7,13-15H,1,8-11H2. The normalized spacial score (nSPS) is 19.7. The van der Waals surface area contributed by atoms with Crippen molar-refractivity contribution in [1.29, 1.82) is 0 Å². The molecule has 0 saturated carbocycles. The van der Waals surface area contributed by atoms with E-state index in [0.29, 0.717) is 5.92 Å². The molecular weight excluding hydrogens is 182 g/mol. The van der Waals surface area contributed by atoms with Crippen LogP contribution in [0.1, 0.15) is 24.3 Å². The number of hydrogen-bond acceptors (Lipinski definition) is 1. The maximum atomic E-state index is 3.99. The fourth-order valence-corrected chi connectivity index (χ4v) is 2.48. The van der Waals surface area contributed by atoms with Crippen LogP contribution in [0.25, 0.3) is 0 Å². The lowest BCUT2D eigenvalue weighted by Crippen LogP contribution is -2.30. The Morgan fingerprint density at radius 1 is 1.20 bits per heavy atom. The zero-order valence-electron chi connectivity index (χ0n) is 9.15. The molecule has 1 nitrogen and oxygen atoms in total. The summed E-state index contributed by atoms with van der Waals surface area (Å²) < 4.78 is 0. The number of allylic oxidation sites excluding steroid dienone is 1. The summed E-state index contributed by atoms with van der Waals surface area (Å²) in [6.07, 6.45) is 4.66. The molecule has 0 aromatic heterocycles. The van der Waals surface area contributed by atoms with Gasteiger partial charge in [-0.25, -0.2) is 0 Å². The summed E-state index contributed by atoms with van der Waals surface area (Å²) in [6, 6.07) is 10.7. The molecule has 1 aromatic carbocycles. The summed E-state index contributed by atoms with van der Waals surface area (Å²) in [5, 5.41) is 3.41. The quantitative estimate of drug-likeness (QED) is 0.741. The van der Waals surface area contributed by atoms with Crippen molar-refractivity contribution in [2.24, 2.45) is 5.92 Å². The lowest BCUT2D eigenvalue weighted by molar-refractivity contribution is 0.347. The third kappa shape index (κ3) is 2.48. The Bertz CT molecular complexity index is 298. The Hall–Kier alpha value is -1.08. The van der Waals surface area contributed by atoms with Gasteiger partial charge in [0, 0.05) is 5.92 Å². The summed E-state index contributed by atoms with van der Waals surface area (Å²) in [5.74, 6) is 1.31. The van der Waals surface area contributed by atoms with Crippen molar-refractivity contribution >= 4 is 0 Å². The molecule has 0 aliphatic carbocycles. The lowest BCUT2D eigenvalue weighted by atomic mass is 9.80. The van der Waals surface area contributed by atoms with E-state index in [9.17, 15) is 0 Å². The van der Waals surface area contributed by atoms with Crippen LogP contribution < -0.4 is 5.32 Å². The molecule has 0 bridgehead atoms. The van der Waals surface area contributed by atoms with E-state index in [1.807, 2.05) is 0 Å². The van der Waals surface area contributed by atoms with Gasteiger partial charge in [0.25, 0.3) is 0 Å². The Labute approximate surface area is 92.2 Å². The number of rotatable bonds is 3. The fraction of sp³-hybridized carbons (Fsp3) is 0.429. The Morgan fingerprint density at radius 3 is 2.47 bits per heavy atom. The molecule has 2 rings (SSSR count). The molecule has 1 fully saturated rings. The van der Waals surface area contributed by atoms with Gasteiger partial charge in [-0.2, -0.15) is 0 Å². The first kappa shape index (κ1) is 10.4. The van der Waals surface area contributed by atoms with Crippen molar-refractivity contribution in [2.75, 3.05) is 13.1 Å². The Kier molecular flexibility index (Phi) is 3.57. The van der Waals surface area contributed by atoms with Gasteiger partial charge < -0.3 is 5.32 Å². The van der Waals surface area contributed by atoms with Gasteiger partial charge in [0.15, 0.2) is 0 Å². The number of nitrogens with one attached hydrogen (secondary N) is 1. The minimum Gasteiger partial charge on any atom is -0.317 e. The predicted molar refractivity (Wildman–Crippen MR) is 65.0 cm³/mol. The van der Waals surface area contributed by atoms with E-state index in [1.54, 1.807) is 0 Å². The van der Waals surface area contributed by atoms with Crippen LogP contribution in [0.2, 0.25) is 0 Å². The number of benzene rings is 1. The van der Waals surface area contributed by atoms with Crippen molar-refractivity contribution < 1.29 is 0 Å². The van der Waals surface area contributed by atoms with Crippen LogP contribution >= 0.6 is 0 Å². The van der Waals surface area contributed by atoms with Crippen molar-refractivity contribution in [3.05, 3.63) is 48.6 Å². The second-order valence-electron chi connectivity index (χ2n) is 4.26. The van der Waals surface area contributed by atoms with Crippen LogP contribution in [-0.4, -0.2) is 13.1 Å². The lowest BCUT2D eigenvalue weighted by Gasteiger charge is -2.29. The molecule has 1 atom stereocenters. The van der Waals surface area contributed by atoms with Gasteiger partial charge in [-0.3, -0.25) is 0 Å². The van der Waals surface area contributed by atoms with Gasteiger partial charge in [0.2, 0.25) is 0 Å². The van der Waals surface area contributed by atoms with Gasteiger partial charge in [-0.05, 0) is 37.4 Å². The fourth-order valence-electron chi connectivity index (χ4n) is 2.48. The monoisotopic (exact) mass is 201 g/mol. The first-order valence-electron chi connectivity index (χ1n) is 5.80. The summed E-state index contributed by atoms with van der Waals surface area (Å²) in [6.45, 7) is 6.30. The van der Waals surface area contributed by atoms with Crippen LogP contribution in [0.3, 0.4) is 0 Å². The molecule has 15 heavy (non-hydrogen) atoms. The highest BCUT2D eigenvalue weighted by Crippen LogP contribution is 2.31. The Balaban J connectivity index is 2.12. The maximum absolute atomic E-state index is 3.99. The smallest absolute Gasteiger partial charge is 0.00445 e. The molecular formula is C14H19N. The third-order valence-electron chi connectivity index (χ3n) is 3.33. The van der Waals surface area contributed by atoms with E-state index < -0.39 is 0 Å². The van der Waals surface area contributed by atoms with Gasteiger partial charge in [-0.15, -0.1) is 6.58 Å². The van der Waals surface area contributed by atoms with Crippen LogP contribution in [0, 0.1) is 5.92 Å². The molecule has 1 N–H and O–H groups in total. The first-order chi connectivity index (χ1) is 7.42. The van der Waals surface area contributed by atoms with Gasteiger partial charge in [0.1, 0.15) is 0 Å². The van der Waals surface area contributed by atoms with Crippen LogP contribution in [0.4, 0.5) is 0 Å². The Morgan fingerprint density at radius 2 is 1.87 bits per heavy atom. The molecule has 0 amide bonds. The molecule has 0 radical (unpaired) electrons. The second-order valence-corrected chi connectivity index (χ2v) is 4.26. The van der Waals surface area contributed by atoms with Crippen LogP contribution in [0.15, 0.2) is 43.0 Å². The summed E-state index contributed by atoms with van der Waals surface area (Å²) in [4.78, 5) is 0. The predicted octanol–water partition coefficient (Wildman–Crippen LogP) is 2.96. The minimum atomic E-state index is 0.535. The van der Waals surface area contributed by atoms with Gasteiger partial charge in [-0.1, -0.05) is 36.4 Å². The van der Waals surface area contributed by atoms with Gasteiger partial charge in [0.05, 0.1) is 0 Å².